The van der Waals surface area contributed by atoms with Gasteiger partial charge in [-0.1, -0.05) is 25.1 Å². The van der Waals surface area contributed by atoms with Crippen LogP contribution in [0.4, 0.5) is 5.69 Å². The van der Waals surface area contributed by atoms with Gasteiger partial charge in [0.1, 0.15) is 0 Å². The molecule has 1 aromatic heterocycles. The lowest BCUT2D eigenvalue weighted by Crippen LogP contribution is -2.04. The van der Waals surface area contributed by atoms with Crippen LogP contribution in [0.2, 0.25) is 0 Å². The molecule has 0 saturated heterocycles. The maximum Gasteiger partial charge on any atom is 0.0736 e. The Morgan fingerprint density at radius 1 is 1.20 bits per heavy atom. The van der Waals surface area contributed by atoms with Crippen molar-refractivity contribution >= 4 is 5.69 Å². The smallest absolute Gasteiger partial charge is 0.0736 e. The van der Waals surface area contributed by atoms with E-state index in [0.29, 0.717) is 6.61 Å². The van der Waals surface area contributed by atoms with Gasteiger partial charge in [-0.05, 0) is 19.4 Å². The third kappa shape index (κ3) is 3.61. The molecule has 0 saturated carbocycles. The van der Waals surface area contributed by atoms with Crippen molar-refractivity contribution in [3.05, 3.63) is 47.3 Å². The summed E-state index contributed by atoms with van der Waals surface area (Å²) in [6.45, 7) is 6.32. The molecule has 4 nitrogen and oxygen atoms in total. The minimum absolute atomic E-state index is 0.646. The maximum atomic E-state index is 5.50. The summed E-state index contributed by atoms with van der Waals surface area (Å²) in [6, 6.07) is 8.28. The standard InChI is InChI=1S/C16H23N3O/c1-4-15-14(11-19(3)18-15)10-17-16-9-7-6-8-13(16)12-20-5-2/h6-9,11,17H,4-5,10,12H2,1-3H3. The number of hydrogen-bond donors (Lipinski definition) is 1. The van der Waals surface area contributed by atoms with Crippen LogP contribution >= 0.6 is 0 Å². The molecule has 0 bridgehead atoms. The second-order valence-electron chi connectivity index (χ2n) is 4.78. The monoisotopic (exact) mass is 273 g/mol. The van der Waals surface area contributed by atoms with Gasteiger partial charge in [-0.2, -0.15) is 5.10 Å². The van der Waals surface area contributed by atoms with Crippen molar-refractivity contribution in [2.45, 2.75) is 33.4 Å². The molecule has 1 heterocycles. The molecule has 108 valence electrons. The average molecular weight is 273 g/mol. The molecule has 0 aliphatic heterocycles. The van der Waals surface area contributed by atoms with Gasteiger partial charge in [0.15, 0.2) is 0 Å². The van der Waals surface area contributed by atoms with Gasteiger partial charge in [-0.3, -0.25) is 4.68 Å². The van der Waals surface area contributed by atoms with Gasteiger partial charge in [-0.15, -0.1) is 0 Å². The van der Waals surface area contributed by atoms with Crippen molar-refractivity contribution in [2.24, 2.45) is 7.05 Å². The molecule has 0 aliphatic rings. The summed E-state index contributed by atoms with van der Waals surface area (Å²) in [5.41, 5.74) is 4.73. The number of hydrogen-bond acceptors (Lipinski definition) is 3. The van der Waals surface area contributed by atoms with E-state index in [1.807, 2.05) is 30.8 Å². The lowest BCUT2D eigenvalue weighted by Gasteiger charge is -2.11. The molecule has 0 radical (unpaired) electrons. The molecule has 0 spiro atoms. The van der Waals surface area contributed by atoms with Gasteiger partial charge in [0.05, 0.1) is 12.3 Å². The van der Waals surface area contributed by atoms with Crippen LogP contribution in [0.1, 0.15) is 30.7 Å². The number of aryl methyl sites for hydroxylation is 2. The largest absolute Gasteiger partial charge is 0.381 e. The van der Waals surface area contributed by atoms with Crippen molar-refractivity contribution < 1.29 is 4.74 Å². The number of rotatable bonds is 7. The number of anilines is 1. The number of benzene rings is 1. The minimum atomic E-state index is 0.646. The van der Waals surface area contributed by atoms with Gasteiger partial charge >= 0.3 is 0 Å². The van der Waals surface area contributed by atoms with Crippen LogP contribution in [0.25, 0.3) is 0 Å². The molecule has 2 rings (SSSR count). The van der Waals surface area contributed by atoms with E-state index in [1.165, 1.54) is 11.1 Å². The van der Waals surface area contributed by atoms with Crippen LogP contribution in [-0.4, -0.2) is 16.4 Å². The Bertz CT molecular complexity index is 548. The van der Waals surface area contributed by atoms with Crippen LogP contribution in [0.5, 0.6) is 0 Å². The molecule has 0 aliphatic carbocycles. The Kier molecular flexibility index (Phi) is 5.18. The molecule has 0 fully saturated rings. The van der Waals surface area contributed by atoms with Crippen LogP contribution in [-0.2, 0) is 31.4 Å². The summed E-state index contributed by atoms with van der Waals surface area (Å²) in [7, 11) is 1.96. The van der Waals surface area contributed by atoms with E-state index in [9.17, 15) is 0 Å². The van der Waals surface area contributed by atoms with E-state index in [4.69, 9.17) is 4.74 Å². The van der Waals surface area contributed by atoms with Crippen molar-refractivity contribution in [1.82, 2.24) is 9.78 Å². The zero-order valence-corrected chi connectivity index (χ0v) is 12.5. The number of nitrogens with one attached hydrogen (secondary N) is 1. The van der Waals surface area contributed by atoms with Crippen LogP contribution in [0, 0.1) is 0 Å². The van der Waals surface area contributed by atoms with Crippen molar-refractivity contribution in [3.8, 4) is 0 Å². The normalized spacial score (nSPS) is 10.8. The first-order valence-corrected chi connectivity index (χ1v) is 7.15. The van der Waals surface area contributed by atoms with E-state index >= 15 is 0 Å². The first-order chi connectivity index (χ1) is 9.74. The highest BCUT2D eigenvalue weighted by atomic mass is 16.5. The molecule has 0 amide bonds. The first-order valence-electron chi connectivity index (χ1n) is 7.15. The molecule has 0 unspecified atom stereocenters. The van der Waals surface area contributed by atoms with Crippen molar-refractivity contribution in [3.63, 3.8) is 0 Å². The lowest BCUT2D eigenvalue weighted by molar-refractivity contribution is 0.134. The lowest BCUT2D eigenvalue weighted by atomic mass is 10.1. The third-order valence-corrected chi connectivity index (χ3v) is 3.28. The fourth-order valence-corrected chi connectivity index (χ4v) is 2.25. The maximum absolute atomic E-state index is 5.50. The second-order valence-corrected chi connectivity index (χ2v) is 4.78. The molecule has 20 heavy (non-hydrogen) atoms. The summed E-state index contributed by atoms with van der Waals surface area (Å²) in [5.74, 6) is 0. The topological polar surface area (TPSA) is 39.1 Å². The SMILES string of the molecule is CCOCc1ccccc1NCc1cn(C)nc1CC. The minimum Gasteiger partial charge on any atom is -0.381 e. The van der Waals surface area contributed by atoms with Gasteiger partial charge in [0.2, 0.25) is 0 Å². The molecule has 0 atom stereocenters. The third-order valence-electron chi connectivity index (χ3n) is 3.28. The highest BCUT2D eigenvalue weighted by molar-refractivity contribution is 5.51. The van der Waals surface area contributed by atoms with E-state index in [2.05, 4.69) is 35.7 Å². The molecular formula is C16H23N3O. The van der Waals surface area contributed by atoms with E-state index in [-0.39, 0.29) is 0 Å². The van der Waals surface area contributed by atoms with Crippen LogP contribution in [0.15, 0.2) is 30.5 Å². The molecular weight excluding hydrogens is 250 g/mol. The number of nitrogens with zero attached hydrogens (tertiary/aromatic N) is 2. The predicted molar refractivity (Wildman–Crippen MR) is 81.7 cm³/mol. The van der Waals surface area contributed by atoms with E-state index < -0.39 is 0 Å². The fraction of sp³-hybridized carbons (Fsp3) is 0.438. The summed E-state index contributed by atoms with van der Waals surface area (Å²) in [4.78, 5) is 0. The molecule has 1 aromatic carbocycles. The Morgan fingerprint density at radius 3 is 2.75 bits per heavy atom. The number of ether oxygens (including phenoxy) is 1. The number of aromatic nitrogens is 2. The summed E-state index contributed by atoms with van der Waals surface area (Å²) < 4.78 is 7.38. The first kappa shape index (κ1) is 14.6. The zero-order valence-electron chi connectivity index (χ0n) is 12.5. The molecule has 2 aromatic rings. The Hall–Kier alpha value is -1.81. The quantitative estimate of drug-likeness (QED) is 0.842. The van der Waals surface area contributed by atoms with Gasteiger partial charge < -0.3 is 10.1 Å². The van der Waals surface area contributed by atoms with Crippen LogP contribution in [0.3, 0.4) is 0 Å². The van der Waals surface area contributed by atoms with Crippen LogP contribution < -0.4 is 5.32 Å². The highest BCUT2D eigenvalue weighted by Crippen LogP contribution is 2.18. The Morgan fingerprint density at radius 2 is 2.00 bits per heavy atom. The fourth-order valence-electron chi connectivity index (χ4n) is 2.25. The number of para-hydroxylation sites is 1. The molecule has 4 heteroatoms. The Balaban J connectivity index is 2.06. The Labute approximate surface area is 120 Å². The summed E-state index contributed by atoms with van der Waals surface area (Å²) in [6.07, 6.45) is 3.04. The van der Waals surface area contributed by atoms with Gasteiger partial charge in [0, 0.05) is 43.2 Å². The zero-order chi connectivity index (χ0) is 14.4. The second kappa shape index (κ2) is 7.10. The summed E-state index contributed by atoms with van der Waals surface area (Å²) in [5, 5.41) is 7.96. The van der Waals surface area contributed by atoms with Gasteiger partial charge in [-0.25, -0.2) is 0 Å². The van der Waals surface area contributed by atoms with E-state index in [0.717, 1.165) is 31.0 Å². The van der Waals surface area contributed by atoms with E-state index in [1.54, 1.807) is 0 Å². The van der Waals surface area contributed by atoms with Crippen molar-refractivity contribution in [1.29, 1.82) is 0 Å². The molecule has 1 N–H and O–H groups in total. The summed E-state index contributed by atoms with van der Waals surface area (Å²) >= 11 is 0. The predicted octanol–water partition coefficient (Wildman–Crippen LogP) is 3.13. The highest BCUT2D eigenvalue weighted by Gasteiger charge is 2.07. The average Bonchev–Trinajstić information content (AvgIpc) is 2.84. The van der Waals surface area contributed by atoms with Gasteiger partial charge in [0.25, 0.3) is 0 Å². The van der Waals surface area contributed by atoms with Crippen molar-refractivity contribution in [2.75, 3.05) is 11.9 Å².